The summed E-state index contributed by atoms with van der Waals surface area (Å²) in [7, 11) is 0. The molecule has 2 aromatic carbocycles. The number of carbonyl (C=O) groups excluding carboxylic acids is 3. The van der Waals surface area contributed by atoms with Crippen molar-refractivity contribution in [3.05, 3.63) is 58.6 Å². The molecule has 30 heavy (non-hydrogen) atoms. The molecule has 0 aromatic heterocycles. The monoisotopic (exact) mass is 425 g/mol. The summed E-state index contributed by atoms with van der Waals surface area (Å²) in [5, 5.41) is 6.37. The number of rotatable bonds is 4. The van der Waals surface area contributed by atoms with Crippen molar-refractivity contribution in [2.75, 3.05) is 10.2 Å². The van der Waals surface area contributed by atoms with Crippen LogP contribution in [0.5, 0.6) is 0 Å². The van der Waals surface area contributed by atoms with Crippen molar-refractivity contribution >= 4 is 40.7 Å². The Bertz CT molecular complexity index is 974. The summed E-state index contributed by atoms with van der Waals surface area (Å²) in [6.45, 7) is 0.475. The largest absolute Gasteiger partial charge is 0.344 e. The molecule has 0 bridgehead atoms. The third kappa shape index (κ3) is 4.65. The van der Waals surface area contributed by atoms with E-state index in [4.69, 9.17) is 11.6 Å². The summed E-state index contributed by atoms with van der Waals surface area (Å²) >= 11 is 5.96. The highest BCUT2D eigenvalue weighted by molar-refractivity contribution is 6.30. The minimum absolute atomic E-state index is 0.0746. The predicted molar refractivity (Wildman–Crippen MR) is 116 cm³/mol. The molecule has 6 nitrogen and oxygen atoms in total. The number of amides is 3. The second-order valence-electron chi connectivity index (χ2n) is 7.80. The fourth-order valence-electron chi connectivity index (χ4n) is 3.98. The van der Waals surface area contributed by atoms with E-state index in [1.165, 1.54) is 0 Å². The molecule has 2 aliphatic heterocycles. The lowest BCUT2D eigenvalue weighted by Gasteiger charge is -2.30. The average Bonchev–Trinajstić information content (AvgIpc) is 2.96. The molecule has 4 rings (SSSR count). The van der Waals surface area contributed by atoms with Gasteiger partial charge in [-0.15, -0.1) is 0 Å². The molecule has 1 fully saturated rings. The van der Waals surface area contributed by atoms with Crippen LogP contribution >= 0.6 is 11.6 Å². The van der Waals surface area contributed by atoms with Gasteiger partial charge in [-0.2, -0.15) is 0 Å². The van der Waals surface area contributed by atoms with Crippen LogP contribution in [0.1, 0.15) is 43.2 Å². The van der Waals surface area contributed by atoms with Gasteiger partial charge >= 0.3 is 0 Å². The Morgan fingerprint density at radius 2 is 1.87 bits per heavy atom. The fourth-order valence-corrected chi connectivity index (χ4v) is 4.11. The van der Waals surface area contributed by atoms with Crippen LogP contribution in [0.15, 0.2) is 42.5 Å². The van der Waals surface area contributed by atoms with Crippen LogP contribution < -0.4 is 15.5 Å². The van der Waals surface area contributed by atoms with Gasteiger partial charge in [0.15, 0.2) is 0 Å². The molecule has 0 spiro atoms. The first-order valence-corrected chi connectivity index (χ1v) is 10.7. The molecule has 0 saturated carbocycles. The zero-order valence-electron chi connectivity index (χ0n) is 16.6. The number of anilines is 2. The maximum absolute atomic E-state index is 12.6. The molecule has 7 heteroatoms. The van der Waals surface area contributed by atoms with Gasteiger partial charge in [-0.1, -0.05) is 30.2 Å². The Kier molecular flexibility index (Phi) is 6.04. The van der Waals surface area contributed by atoms with Gasteiger partial charge in [0.05, 0.1) is 6.54 Å². The van der Waals surface area contributed by atoms with Crippen molar-refractivity contribution in [2.24, 2.45) is 0 Å². The van der Waals surface area contributed by atoms with E-state index in [0.717, 1.165) is 29.7 Å². The summed E-state index contributed by atoms with van der Waals surface area (Å²) in [6.07, 6.45) is 3.84. The van der Waals surface area contributed by atoms with Crippen molar-refractivity contribution in [2.45, 2.75) is 51.1 Å². The quantitative estimate of drug-likeness (QED) is 0.781. The van der Waals surface area contributed by atoms with Gasteiger partial charge in [0.25, 0.3) is 0 Å². The van der Waals surface area contributed by atoms with Gasteiger partial charge in [-0.05, 0) is 60.7 Å². The van der Waals surface area contributed by atoms with E-state index in [1.54, 1.807) is 4.90 Å². The lowest BCUT2D eigenvalue weighted by Crippen LogP contribution is -2.42. The predicted octanol–water partition coefficient (Wildman–Crippen LogP) is 3.82. The summed E-state index contributed by atoms with van der Waals surface area (Å²) in [5.41, 5.74) is 3.56. The van der Waals surface area contributed by atoms with Gasteiger partial charge in [0.2, 0.25) is 17.7 Å². The molecule has 3 amide bonds. The first-order valence-electron chi connectivity index (χ1n) is 10.3. The molecule has 2 N–H and O–H groups in total. The minimum atomic E-state index is -0.501. The van der Waals surface area contributed by atoms with E-state index in [9.17, 15) is 14.4 Å². The maximum atomic E-state index is 12.6. The van der Waals surface area contributed by atoms with Crippen LogP contribution in [0, 0.1) is 0 Å². The van der Waals surface area contributed by atoms with Crippen LogP contribution in [0.3, 0.4) is 0 Å². The van der Waals surface area contributed by atoms with E-state index in [-0.39, 0.29) is 17.7 Å². The highest BCUT2D eigenvalue weighted by Crippen LogP contribution is 2.32. The molecular weight excluding hydrogens is 402 g/mol. The standard InChI is InChI=1S/C23H24ClN3O3/c24-17-8-5-15(6-9-17)14-27-20-11-10-18(13-16(20)7-12-22(27)29)25-23(30)19-3-1-2-4-21(28)26-19/h5-6,8-11,13,19H,1-4,7,12,14H2,(H,25,30)(H,26,28). The van der Waals surface area contributed by atoms with Crippen LogP contribution in [0.25, 0.3) is 0 Å². The van der Waals surface area contributed by atoms with Crippen molar-refractivity contribution in [1.29, 1.82) is 0 Å². The zero-order chi connectivity index (χ0) is 21.1. The Balaban J connectivity index is 1.49. The molecule has 1 atom stereocenters. The number of nitrogens with zero attached hydrogens (tertiary/aromatic N) is 1. The summed E-state index contributed by atoms with van der Waals surface area (Å²) < 4.78 is 0. The Labute approximate surface area is 180 Å². The number of halogens is 1. The molecule has 1 saturated heterocycles. The normalized spacial score (nSPS) is 19.0. The highest BCUT2D eigenvalue weighted by Gasteiger charge is 2.26. The number of benzene rings is 2. The van der Waals surface area contributed by atoms with Gasteiger partial charge in [0, 0.05) is 29.2 Å². The van der Waals surface area contributed by atoms with Crippen molar-refractivity contribution in [3.8, 4) is 0 Å². The number of hydrogen-bond acceptors (Lipinski definition) is 3. The summed E-state index contributed by atoms with van der Waals surface area (Å²) in [4.78, 5) is 38.7. The molecular formula is C23H24ClN3O3. The molecule has 2 aromatic rings. The third-order valence-corrected chi connectivity index (χ3v) is 5.85. The smallest absolute Gasteiger partial charge is 0.246 e. The summed E-state index contributed by atoms with van der Waals surface area (Å²) in [5.74, 6) is -0.194. The molecule has 2 heterocycles. The molecule has 1 unspecified atom stereocenters. The van der Waals surface area contributed by atoms with Crippen molar-refractivity contribution in [1.82, 2.24) is 5.32 Å². The van der Waals surface area contributed by atoms with Gasteiger partial charge < -0.3 is 15.5 Å². The number of hydrogen-bond donors (Lipinski definition) is 2. The van der Waals surface area contributed by atoms with Gasteiger partial charge in [0.1, 0.15) is 6.04 Å². The van der Waals surface area contributed by atoms with Crippen molar-refractivity contribution in [3.63, 3.8) is 0 Å². The SMILES string of the molecule is O=C1CCCCC(C(=O)Nc2ccc3c(c2)CCC(=O)N3Cc2ccc(Cl)cc2)N1. The third-order valence-electron chi connectivity index (χ3n) is 5.60. The average molecular weight is 426 g/mol. The lowest BCUT2D eigenvalue weighted by atomic mass is 9.99. The second-order valence-corrected chi connectivity index (χ2v) is 8.24. The minimum Gasteiger partial charge on any atom is -0.344 e. The van der Waals surface area contributed by atoms with E-state index in [1.807, 2.05) is 42.5 Å². The topological polar surface area (TPSA) is 78.5 Å². The molecule has 0 aliphatic carbocycles. The Morgan fingerprint density at radius 3 is 2.67 bits per heavy atom. The van der Waals surface area contributed by atoms with E-state index in [2.05, 4.69) is 10.6 Å². The Morgan fingerprint density at radius 1 is 1.07 bits per heavy atom. The Hall–Kier alpha value is -2.86. The zero-order valence-corrected chi connectivity index (χ0v) is 17.4. The number of aryl methyl sites for hydroxylation is 1. The van der Waals surface area contributed by atoms with E-state index < -0.39 is 6.04 Å². The number of fused-ring (bicyclic) bond motifs is 1. The molecule has 0 radical (unpaired) electrons. The fraction of sp³-hybridized carbons (Fsp3) is 0.348. The van der Waals surface area contributed by atoms with Crippen LogP contribution in [0.2, 0.25) is 5.02 Å². The lowest BCUT2D eigenvalue weighted by molar-refractivity contribution is -0.125. The van der Waals surface area contributed by atoms with Gasteiger partial charge in [-0.25, -0.2) is 0 Å². The first kappa shape index (κ1) is 20.4. The molecule has 156 valence electrons. The van der Waals surface area contributed by atoms with Crippen molar-refractivity contribution < 1.29 is 14.4 Å². The summed E-state index contributed by atoms with van der Waals surface area (Å²) in [6, 6.07) is 12.6. The van der Waals surface area contributed by atoms with Crippen LogP contribution in [-0.2, 0) is 27.3 Å². The number of carbonyl (C=O) groups is 3. The maximum Gasteiger partial charge on any atom is 0.246 e. The molecule has 2 aliphatic rings. The second kappa shape index (κ2) is 8.88. The highest BCUT2D eigenvalue weighted by atomic mass is 35.5. The van der Waals surface area contributed by atoms with Gasteiger partial charge in [-0.3, -0.25) is 14.4 Å². The van der Waals surface area contributed by atoms with Crippen LogP contribution in [0.4, 0.5) is 11.4 Å². The number of nitrogens with one attached hydrogen (secondary N) is 2. The van der Waals surface area contributed by atoms with E-state index >= 15 is 0 Å². The van der Waals surface area contributed by atoms with Crippen LogP contribution in [-0.4, -0.2) is 23.8 Å². The first-order chi connectivity index (χ1) is 14.5. The van der Waals surface area contributed by atoms with E-state index in [0.29, 0.717) is 42.9 Å².